The van der Waals surface area contributed by atoms with Gasteiger partial charge in [-0.15, -0.1) is 0 Å². The van der Waals surface area contributed by atoms with Gasteiger partial charge in [-0.1, -0.05) is 58.1 Å². The third kappa shape index (κ3) is 5.96. The summed E-state index contributed by atoms with van der Waals surface area (Å²) < 4.78 is 15.5. The van der Waals surface area contributed by atoms with E-state index in [1.165, 1.54) is 31.4 Å². The second-order valence-electron chi connectivity index (χ2n) is 8.76. The number of nitrogens with zero attached hydrogens (tertiary/aromatic N) is 2. The van der Waals surface area contributed by atoms with Crippen LogP contribution in [-0.4, -0.2) is 21.4 Å². The van der Waals surface area contributed by atoms with Crippen LogP contribution in [0.15, 0.2) is 42.6 Å². The van der Waals surface area contributed by atoms with Gasteiger partial charge in [0.25, 0.3) is 0 Å². The smallest absolute Gasteiger partial charge is 0.226 e. The molecule has 1 aromatic heterocycles. The summed E-state index contributed by atoms with van der Waals surface area (Å²) in [5, 5.41) is 0. The monoisotopic (exact) mass is 412 g/mol. The normalized spacial score (nSPS) is 15.8. The SMILES string of the molecule is CCCCC(CC)C(=O)N(Cc1cccn1Cc1ccc(F)cc1)C1CCCCC1. The van der Waals surface area contributed by atoms with Crippen molar-refractivity contribution >= 4 is 5.91 Å². The number of carbonyl (C=O) groups excluding carboxylic acids is 1. The van der Waals surface area contributed by atoms with E-state index in [0.717, 1.165) is 49.8 Å². The number of carbonyl (C=O) groups is 1. The number of hydrogen-bond acceptors (Lipinski definition) is 1. The Kier molecular flexibility index (Phi) is 8.53. The van der Waals surface area contributed by atoms with Crippen LogP contribution in [0.25, 0.3) is 0 Å². The molecule has 164 valence electrons. The van der Waals surface area contributed by atoms with E-state index in [0.29, 0.717) is 25.0 Å². The van der Waals surface area contributed by atoms with Crippen LogP contribution in [0.2, 0.25) is 0 Å². The molecule has 2 aromatic rings. The summed E-state index contributed by atoms with van der Waals surface area (Å²) in [6.07, 6.45) is 12.2. The highest BCUT2D eigenvalue weighted by atomic mass is 19.1. The zero-order chi connectivity index (χ0) is 21.3. The molecule has 1 unspecified atom stereocenters. The Hall–Kier alpha value is -2.10. The van der Waals surface area contributed by atoms with Gasteiger partial charge in [0.2, 0.25) is 5.91 Å². The molecular formula is C26H37FN2O. The van der Waals surface area contributed by atoms with Gasteiger partial charge in [-0.3, -0.25) is 4.79 Å². The summed E-state index contributed by atoms with van der Waals surface area (Å²) in [4.78, 5) is 15.8. The fourth-order valence-electron chi connectivity index (χ4n) is 4.68. The van der Waals surface area contributed by atoms with Crippen LogP contribution in [0, 0.1) is 11.7 Å². The second kappa shape index (κ2) is 11.3. The Morgan fingerprint density at radius 2 is 1.87 bits per heavy atom. The molecular weight excluding hydrogens is 375 g/mol. The quantitative estimate of drug-likeness (QED) is 0.434. The molecule has 0 aliphatic heterocycles. The Labute approximate surface area is 181 Å². The van der Waals surface area contributed by atoms with Gasteiger partial charge in [0.15, 0.2) is 0 Å². The van der Waals surface area contributed by atoms with Crippen molar-refractivity contribution in [3.05, 3.63) is 59.7 Å². The fraction of sp³-hybridized carbons (Fsp3) is 0.577. The molecule has 1 fully saturated rings. The summed E-state index contributed by atoms with van der Waals surface area (Å²) in [6.45, 7) is 5.70. The lowest BCUT2D eigenvalue weighted by atomic mass is 9.91. The first-order valence-electron chi connectivity index (χ1n) is 11.8. The third-order valence-electron chi connectivity index (χ3n) is 6.57. The standard InChI is InChI=1S/C26H37FN2O/c1-3-5-10-22(4-2)26(30)29(24-11-7-6-8-12-24)20-25-13-9-18-28(25)19-21-14-16-23(27)17-15-21/h9,13-18,22,24H,3-8,10-12,19-20H2,1-2H3. The molecule has 0 spiro atoms. The number of amides is 1. The number of unbranched alkanes of at least 4 members (excludes halogenated alkanes) is 1. The van der Waals surface area contributed by atoms with Crippen molar-refractivity contribution in [1.29, 1.82) is 0 Å². The largest absolute Gasteiger partial charge is 0.345 e. The Bertz CT molecular complexity index is 777. The maximum atomic E-state index is 13.6. The summed E-state index contributed by atoms with van der Waals surface area (Å²) in [6, 6.07) is 11.2. The van der Waals surface area contributed by atoms with Gasteiger partial charge in [0.1, 0.15) is 5.82 Å². The van der Waals surface area contributed by atoms with Crippen LogP contribution in [0.5, 0.6) is 0 Å². The average Bonchev–Trinajstić information content (AvgIpc) is 3.21. The molecule has 30 heavy (non-hydrogen) atoms. The van der Waals surface area contributed by atoms with E-state index in [9.17, 15) is 9.18 Å². The van der Waals surface area contributed by atoms with E-state index in [1.54, 1.807) is 0 Å². The fourth-order valence-corrected chi connectivity index (χ4v) is 4.68. The highest BCUT2D eigenvalue weighted by molar-refractivity contribution is 5.79. The van der Waals surface area contributed by atoms with Crippen LogP contribution >= 0.6 is 0 Å². The number of benzene rings is 1. The van der Waals surface area contributed by atoms with Gasteiger partial charge in [-0.2, -0.15) is 0 Å². The van der Waals surface area contributed by atoms with E-state index in [4.69, 9.17) is 0 Å². The average molecular weight is 413 g/mol. The van der Waals surface area contributed by atoms with Gasteiger partial charge in [0.05, 0.1) is 6.54 Å². The molecule has 0 N–H and O–H groups in total. The molecule has 3 rings (SSSR count). The van der Waals surface area contributed by atoms with Crippen molar-refractivity contribution in [3.63, 3.8) is 0 Å². The van der Waals surface area contributed by atoms with E-state index < -0.39 is 0 Å². The summed E-state index contributed by atoms with van der Waals surface area (Å²) in [5.74, 6) is 0.262. The van der Waals surface area contributed by atoms with Crippen molar-refractivity contribution < 1.29 is 9.18 Å². The molecule has 0 radical (unpaired) electrons. The van der Waals surface area contributed by atoms with Gasteiger partial charge in [0, 0.05) is 30.4 Å². The zero-order valence-corrected chi connectivity index (χ0v) is 18.7. The predicted octanol–water partition coefficient (Wildman–Crippen LogP) is 6.55. The molecule has 3 nitrogen and oxygen atoms in total. The molecule has 1 amide bonds. The zero-order valence-electron chi connectivity index (χ0n) is 18.7. The van der Waals surface area contributed by atoms with Crippen molar-refractivity contribution in [3.8, 4) is 0 Å². The first-order chi connectivity index (χ1) is 14.6. The van der Waals surface area contributed by atoms with Gasteiger partial charge < -0.3 is 9.47 Å². The maximum absolute atomic E-state index is 13.6. The van der Waals surface area contributed by atoms with E-state index in [1.807, 2.05) is 12.1 Å². The predicted molar refractivity (Wildman–Crippen MR) is 121 cm³/mol. The maximum Gasteiger partial charge on any atom is 0.226 e. The summed E-state index contributed by atoms with van der Waals surface area (Å²) in [7, 11) is 0. The van der Waals surface area contributed by atoms with Crippen molar-refractivity contribution in [2.45, 2.75) is 90.8 Å². The highest BCUT2D eigenvalue weighted by Gasteiger charge is 2.30. The van der Waals surface area contributed by atoms with Gasteiger partial charge >= 0.3 is 0 Å². The minimum atomic E-state index is -0.210. The lowest BCUT2D eigenvalue weighted by Gasteiger charge is -2.37. The molecule has 1 saturated carbocycles. The summed E-state index contributed by atoms with van der Waals surface area (Å²) in [5.41, 5.74) is 2.22. The molecule has 0 bridgehead atoms. The Morgan fingerprint density at radius 3 is 2.53 bits per heavy atom. The molecule has 1 atom stereocenters. The lowest BCUT2D eigenvalue weighted by Crippen LogP contribution is -2.44. The van der Waals surface area contributed by atoms with E-state index in [-0.39, 0.29) is 11.7 Å². The van der Waals surface area contributed by atoms with Crippen LogP contribution in [-0.2, 0) is 17.9 Å². The molecule has 1 aliphatic carbocycles. The summed E-state index contributed by atoms with van der Waals surface area (Å²) >= 11 is 0. The van der Waals surface area contributed by atoms with Crippen LogP contribution in [0.1, 0.15) is 82.9 Å². The van der Waals surface area contributed by atoms with Gasteiger partial charge in [-0.25, -0.2) is 4.39 Å². The first-order valence-corrected chi connectivity index (χ1v) is 11.8. The van der Waals surface area contributed by atoms with Crippen LogP contribution in [0.3, 0.4) is 0 Å². The number of halogens is 1. The van der Waals surface area contributed by atoms with Crippen molar-refractivity contribution in [1.82, 2.24) is 9.47 Å². The van der Waals surface area contributed by atoms with Crippen LogP contribution in [0.4, 0.5) is 4.39 Å². The minimum absolute atomic E-state index is 0.132. The molecule has 0 saturated heterocycles. The first kappa shape index (κ1) is 22.6. The van der Waals surface area contributed by atoms with Gasteiger partial charge in [-0.05, 0) is 55.5 Å². The third-order valence-corrected chi connectivity index (χ3v) is 6.57. The number of aromatic nitrogens is 1. The molecule has 1 heterocycles. The topological polar surface area (TPSA) is 25.2 Å². The molecule has 1 aliphatic rings. The second-order valence-corrected chi connectivity index (χ2v) is 8.76. The van der Waals surface area contributed by atoms with Crippen molar-refractivity contribution in [2.75, 3.05) is 0 Å². The number of rotatable bonds is 10. The lowest BCUT2D eigenvalue weighted by molar-refractivity contribution is -0.140. The highest BCUT2D eigenvalue weighted by Crippen LogP contribution is 2.28. The van der Waals surface area contributed by atoms with Crippen molar-refractivity contribution in [2.24, 2.45) is 5.92 Å². The van der Waals surface area contributed by atoms with E-state index >= 15 is 0 Å². The minimum Gasteiger partial charge on any atom is -0.345 e. The molecule has 1 aromatic carbocycles. The number of hydrogen-bond donors (Lipinski definition) is 0. The molecule has 4 heteroatoms. The van der Waals surface area contributed by atoms with Crippen LogP contribution < -0.4 is 0 Å². The van der Waals surface area contributed by atoms with E-state index in [2.05, 4.69) is 41.6 Å². The Balaban J connectivity index is 1.78. The Morgan fingerprint density at radius 1 is 1.13 bits per heavy atom.